The highest BCUT2D eigenvalue weighted by Gasteiger charge is 2.45. The van der Waals surface area contributed by atoms with Gasteiger partial charge in [0.05, 0.1) is 0 Å². The number of fused-ring (bicyclic) bond motifs is 1. The number of amides is 1. The molecule has 3 aliphatic rings. The summed E-state index contributed by atoms with van der Waals surface area (Å²) >= 11 is 1.75. The zero-order chi connectivity index (χ0) is 28.5. The van der Waals surface area contributed by atoms with Gasteiger partial charge in [0.1, 0.15) is 11.2 Å². The number of imidazole rings is 1. The molecule has 0 aromatic carbocycles. The summed E-state index contributed by atoms with van der Waals surface area (Å²) in [5, 5.41) is 1.10. The molecule has 4 aromatic heterocycles. The molecule has 42 heavy (non-hydrogen) atoms. The molecule has 1 amide bonds. The Hall–Kier alpha value is -3.44. The second-order valence-corrected chi connectivity index (χ2v) is 12.9. The molecule has 0 unspecified atom stereocenters. The van der Waals surface area contributed by atoms with Crippen LogP contribution in [0.4, 0.5) is 9.52 Å². The molecule has 0 N–H and O–H groups in total. The summed E-state index contributed by atoms with van der Waals surface area (Å²) in [6.07, 6.45) is 11.2. The Labute approximate surface area is 249 Å². The largest absolute Gasteiger partial charge is 0.348 e. The van der Waals surface area contributed by atoms with Crippen molar-refractivity contribution >= 4 is 33.5 Å². The molecule has 3 saturated heterocycles. The Kier molecular flexibility index (Phi) is 7.62. The molecular weight excluding hydrogens is 551 g/mol. The Morgan fingerprint density at radius 1 is 0.929 bits per heavy atom. The normalized spacial score (nSPS) is 20.3. The maximum atomic E-state index is 16.1. The number of hydrogen-bond acceptors (Lipinski definition) is 8. The molecule has 3 aliphatic heterocycles. The fraction of sp³-hybridized carbons (Fsp3) is 0.516. The van der Waals surface area contributed by atoms with Crippen molar-refractivity contribution in [3.63, 3.8) is 0 Å². The number of aromatic nitrogens is 5. The van der Waals surface area contributed by atoms with Crippen LogP contribution in [0.3, 0.4) is 0 Å². The lowest BCUT2D eigenvalue weighted by Crippen LogP contribution is -2.53. The summed E-state index contributed by atoms with van der Waals surface area (Å²) in [6, 6.07) is 9.76. The lowest BCUT2D eigenvalue weighted by Gasteiger charge is -2.40. The van der Waals surface area contributed by atoms with E-state index in [0.717, 1.165) is 60.3 Å². The van der Waals surface area contributed by atoms with Crippen molar-refractivity contribution in [2.45, 2.75) is 63.2 Å². The Bertz CT molecular complexity index is 1520. The Morgan fingerprint density at radius 2 is 1.71 bits per heavy atom. The van der Waals surface area contributed by atoms with Crippen molar-refractivity contribution in [1.29, 1.82) is 0 Å². The molecule has 0 saturated carbocycles. The van der Waals surface area contributed by atoms with E-state index in [1.54, 1.807) is 28.6 Å². The van der Waals surface area contributed by atoms with Gasteiger partial charge >= 0.3 is 0 Å². The molecule has 4 aromatic rings. The van der Waals surface area contributed by atoms with Crippen molar-refractivity contribution in [2.24, 2.45) is 0 Å². The van der Waals surface area contributed by atoms with Gasteiger partial charge < -0.3 is 14.4 Å². The predicted octanol–water partition coefficient (Wildman–Crippen LogP) is 5.11. The minimum atomic E-state index is -1.79. The fourth-order valence-electron chi connectivity index (χ4n) is 6.66. The molecule has 3 fully saturated rings. The smallest absolute Gasteiger partial charge is 0.260 e. The summed E-state index contributed by atoms with van der Waals surface area (Å²) in [7, 11) is 0. The average molecular weight is 589 g/mol. The van der Waals surface area contributed by atoms with Gasteiger partial charge in [-0.25, -0.2) is 19.3 Å². The first kappa shape index (κ1) is 27.4. The van der Waals surface area contributed by atoms with Crippen molar-refractivity contribution in [2.75, 3.05) is 44.2 Å². The second kappa shape index (κ2) is 11.7. The minimum Gasteiger partial charge on any atom is -0.348 e. The molecule has 220 valence electrons. The van der Waals surface area contributed by atoms with Crippen LogP contribution in [-0.4, -0.2) is 85.1 Å². The number of carbonyl (C=O) groups is 1. The second-order valence-electron chi connectivity index (χ2n) is 11.8. The number of halogens is 1. The van der Waals surface area contributed by atoms with Crippen LogP contribution in [0, 0.1) is 0 Å². The van der Waals surface area contributed by atoms with Gasteiger partial charge in [-0.05, 0) is 56.4 Å². The van der Waals surface area contributed by atoms with Crippen LogP contribution in [0.5, 0.6) is 0 Å². The summed E-state index contributed by atoms with van der Waals surface area (Å²) in [4.78, 5) is 39.8. The SMILES string of the molecule is O=C(N1CCC(n2c(-c3ccccn3)nc3cccnc32)CC1)C1(F)CCN(Cc2cnc(N3CCCCC3)s2)CC1. The van der Waals surface area contributed by atoms with Gasteiger partial charge in [-0.15, -0.1) is 11.3 Å². The number of piperidine rings is 3. The van der Waals surface area contributed by atoms with E-state index in [1.165, 1.54) is 24.1 Å². The van der Waals surface area contributed by atoms with Crippen molar-refractivity contribution < 1.29 is 9.18 Å². The van der Waals surface area contributed by atoms with Crippen LogP contribution in [0.15, 0.2) is 48.9 Å². The predicted molar refractivity (Wildman–Crippen MR) is 162 cm³/mol. The molecule has 11 heteroatoms. The number of hydrogen-bond donors (Lipinski definition) is 0. The number of anilines is 1. The third-order valence-electron chi connectivity index (χ3n) is 9.04. The fourth-order valence-corrected chi connectivity index (χ4v) is 7.67. The van der Waals surface area contributed by atoms with Gasteiger partial charge in [-0.1, -0.05) is 6.07 Å². The van der Waals surface area contributed by atoms with E-state index in [0.29, 0.717) is 26.2 Å². The van der Waals surface area contributed by atoms with E-state index in [4.69, 9.17) is 4.98 Å². The summed E-state index contributed by atoms with van der Waals surface area (Å²) < 4.78 is 18.3. The van der Waals surface area contributed by atoms with Crippen LogP contribution in [0.25, 0.3) is 22.7 Å². The van der Waals surface area contributed by atoms with Gasteiger partial charge in [-0.3, -0.25) is 14.7 Å². The van der Waals surface area contributed by atoms with Crippen molar-refractivity contribution in [1.82, 2.24) is 34.3 Å². The number of rotatable bonds is 6. The number of carbonyl (C=O) groups excluding carboxylic acids is 1. The first-order valence-electron chi connectivity index (χ1n) is 15.2. The van der Waals surface area contributed by atoms with E-state index >= 15 is 4.39 Å². The number of thiazole rings is 1. The molecule has 0 spiro atoms. The zero-order valence-corrected chi connectivity index (χ0v) is 24.7. The molecule has 7 heterocycles. The van der Waals surface area contributed by atoms with Gasteiger partial charge in [-0.2, -0.15) is 0 Å². The maximum absolute atomic E-state index is 16.1. The Morgan fingerprint density at radius 3 is 2.48 bits per heavy atom. The highest BCUT2D eigenvalue weighted by atomic mass is 32.1. The Balaban J connectivity index is 0.969. The molecule has 7 rings (SSSR count). The monoisotopic (exact) mass is 588 g/mol. The summed E-state index contributed by atoms with van der Waals surface area (Å²) in [6.45, 7) is 5.14. The van der Waals surface area contributed by atoms with E-state index in [9.17, 15) is 4.79 Å². The van der Waals surface area contributed by atoms with E-state index in [2.05, 4.69) is 29.3 Å². The summed E-state index contributed by atoms with van der Waals surface area (Å²) in [5.41, 5.74) is 0.649. The lowest BCUT2D eigenvalue weighted by molar-refractivity contribution is -0.148. The van der Waals surface area contributed by atoms with Gasteiger partial charge in [0.15, 0.2) is 22.3 Å². The minimum absolute atomic E-state index is 0.109. The first-order valence-corrected chi connectivity index (χ1v) is 16.0. The molecule has 0 aliphatic carbocycles. The van der Waals surface area contributed by atoms with Crippen molar-refractivity contribution in [3.8, 4) is 11.5 Å². The molecule has 0 radical (unpaired) electrons. The quantitative estimate of drug-likeness (QED) is 0.310. The summed E-state index contributed by atoms with van der Waals surface area (Å²) in [5.74, 6) is 0.441. The molecule has 0 atom stereocenters. The van der Waals surface area contributed by atoms with Gasteiger partial charge in [0.25, 0.3) is 5.91 Å². The van der Waals surface area contributed by atoms with Crippen LogP contribution in [-0.2, 0) is 11.3 Å². The topological polar surface area (TPSA) is 83.3 Å². The average Bonchev–Trinajstić information content (AvgIpc) is 3.68. The zero-order valence-electron chi connectivity index (χ0n) is 23.9. The lowest BCUT2D eigenvalue weighted by atomic mass is 9.90. The number of pyridine rings is 2. The number of alkyl halides is 1. The molecule has 0 bridgehead atoms. The highest BCUT2D eigenvalue weighted by molar-refractivity contribution is 7.15. The van der Waals surface area contributed by atoms with Crippen LogP contribution >= 0.6 is 11.3 Å². The third kappa shape index (κ3) is 5.40. The van der Waals surface area contributed by atoms with E-state index in [-0.39, 0.29) is 24.8 Å². The standard InChI is InChI=1S/C31H37FN8OS/c32-31(11-19-37(20-12-31)22-24-21-35-30(42-24)39-15-4-1-5-16-39)29(41)38-17-9-23(10-18-38)40-27-26(8-6-14-34-27)36-28(40)25-7-2-3-13-33-25/h2-3,6-8,13-14,21,23H,1,4-5,9-12,15-20,22H2. The van der Waals surface area contributed by atoms with Crippen LogP contribution in [0.2, 0.25) is 0 Å². The number of nitrogens with zero attached hydrogens (tertiary/aromatic N) is 8. The van der Waals surface area contributed by atoms with Crippen LogP contribution < -0.4 is 4.90 Å². The first-order chi connectivity index (χ1) is 20.6. The van der Waals surface area contributed by atoms with Gasteiger partial charge in [0.2, 0.25) is 0 Å². The van der Waals surface area contributed by atoms with Gasteiger partial charge in [0, 0.05) is 88.2 Å². The van der Waals surface area contributed by atoms with Crippen molar-refractivity contribution in [3.05, 3.63) is 53.8 Å². The van der Waals surface area contributed by atoms with E-state index in [1.807, 2.05) is 36.5 Å². The third-order valence-corrected chi connectivity index (χ3v) is 10.1. The van der Waals surface area contributed by atoms with Crippen LogP contribution in [0.1, 0.15) is 55.9 Å². The molecular formula is C31H37FN8OS. The highest BCUT2D eigenvalue weighted by Crippen LogP contribution is 2.35. The maximum Gasteiger partial charge on any atom is 0.260 e. The molecule has 9 nitrogen and oxygen atoms in total. The van der Waals surface area contributed by atoms with E-state index < -0.39 is 5.67 Å². The number of likely N-dealkylation sites (tertiary alicyclic amines) is 2.